The summed E-state index contributed by atoms with van der Waals surface area (Å²) in [5.74, 6) is 0.121. The lowest BCUT2D eigenvalue weighted by molar-refractivity contribution is -0.274. The maximum Gasteiger partial charge on any atom is 0.573 e. The topological polar surface area (TPSA) is 87.1 Å². The van der Waals surface area contributed by atoms with Gasteiger partial charge >= 0.3 is 6.36 Å². The Labute approximate surface area is 158 Å². The first-order valence-corrected chi connectivity index (χ1v) is 9.76. The smallest absolute Gasteiger partial charge is 0.438 e. The Kier molecular flexibility index (Phi) is 5.45. The van der Waals surface area contributed by atoms with Crippen molar-refractivity contribution in [2.75, 3.05) is 5.75 Å². The van der Waals surface area contributed by atoms with Gasteiger partial charge in [-0.3, -0.25) is 0 Å². The van der Waals surface area contributed by atoms with Crippen molar-refractivity contribution in [1.82, 2.24) is 4.98 Å². The van der Waals surface area contributed by atoms with Gasteiger partial charge in [-0.1, -0.05) is 24.2 Å². The first kappa shape index (κ1) is 19.9. The van der Waals surface area contributed by atoms with E-state index in [2.05, 4.69) is 14.9 Å². The fourth-order valence-corrected chi connectivity index (χ4v) is 3.16. The van der Waals surface area contributed by atoms with Gasteiger partial charge in [-0.05, 0) is 29.8 Å². The molecule has 0 aliphatic carbocycles. The van der Waals surface area contributed by atoms with Crippen molar-refractivity contribution in [3.05, 3.63) is 48.2 Å². The largest absolute Gasteiger partial charge is 0.573 e. The predicted octanol–water partition coefficient (Wildman–Crippen LogP) is 3.63. The van der Waals surface area contributed by atoms with Gasteiger partial charge < -0.3 is 14.3 Å². The van der Waals surface area contributed by atoms with E-state index in [0.717, 1.165) is 0 Å². The van der Waals surface area contributed by atoms with Gasteiger partial charge in [0.05, 0.1) is 18.4 Å². The van der Waals surface area contributed by atoms with Crippen LogP contribution in [0, 0.1) is 0 Å². The van der Waals surface area contributed by atoms with Crippen LogP contribution in [0.2, 0.25) is 0 Å². The number of aromatic nitrogens is 1. The molecule has 0 saturated carbocycles. The van der Waals surface area contributed by atoms with Gasteiger partial charge in [0.2, 0.25) is 5.90 Å². The highest BCUT2D eigenvalue weighted by Crippen LogP contribution is 2.30. The Morgan fingerprint density at radius 2 is 1.82 bits per heavy atom. The number of benzene rings is 1. The van der Waals surface area contributed by atoms with E-state index in [1.807, 2.05) is 0 Å². The lowest BCUT2D eigenvalue weighted by Gasteiger charge is -2.11. The van der Waals surface area contributed by atoms with Crippen molar-refractivity contribution < 1.29 is 35.9 Å². The Morgan fingerprint density at radius 1 is 1.14 bits per heavy atom. The number of sulfone groups is 1. The van der Waals surface area contributed by atoms with Crippen LogP contribution in [0.4, 0.5) is 13.2 Å². The Bertz CT molecular complexity index is 958. The summed E-state index contributed by atoms with van der Waals surface area (Å²) in [5, 5.41) is 3.75. The van der Waals surface area contributed by atoms with Crippen LogP contribution in [0.5, 0.6) is 11.5 Å². The number of alkyl halides is 3. The third-order valence-electron chi connectivity index (χ3n) is 3.77. The Morgan fingerprint density at radius 3 is 2.39 bits per heavy atom. The zero-order chi connectivity index (χ0) is 20.4. The van der Waals surface area contributed by atoms with Crippen molar-refractivity contribution in [3.8, 4) is 11.5 Å². The van der Waals surface area contributed by atoms with Gasteiger partial charge in [0.25, 0.3) is 0 Å². The molecule has 28 heavy (non-hydrogen) atoms. The van der Waals surface area contributed by atoms with Crippen molar-refractivity contribution in [2.24, 2.45) is 5.16 Å². The molecule has 11 heteroatoms. The predicted molar refractivity (Wildman–Crippen MR) is 91.6 cm³/mol. The quantitative estimate of drug-likeness (QED) is 0.740. The number of ether oxygens (including phenoxy) is 2. The molecule has 0 radical (unpaired) electrons. The van der Waals surface area contributed by atoms with E-state index in [0.29, 0.717) is 5.56 Å². The molecule has 3 rings (SSSR count). The summed E-state index contributed by atoms with van der Waals surface area (Å²) in [5.41, 5.74) is 0.597. The van der Waals surface area contributed by atoms with E-state index in [1.54, 1.807) is 0 Å². The minimum Gasteiger partial charge on any atom is -0.438 e. The molecule has 1 aliphatic heterocycles. The average Bonchev–Trinajstić information content (AvgIpc) is 3.10. The summed E-state index contributed by atoms with van der Waals surface area (Å²) in [7, 11) is -3.40. The maximum atomic E-state index is 12.2. The van der Waals surface area contributed by atoms with Crippen molar-refractivity contribution in [2.45, 2.75) is 30.8 Å². The van der Waals surface area contributed by atoms with E-state index >= 15 is 0 Å². The number of oxime groups is 1. The molecule has 1 atom stereocenters. The molecule has 1 aliphatic rings. The number of hydrogen-bond acceptors (Lipinski definition) is 7. The summed E-state index contributed by atoms with van der Waals surface area (Å²) in [6.45, 7) is 1.52. The Hall–Kier alpha value is -2.82. The molecular formula is C17H15F3N2O5S. The highest BCUT2D eigenvalue weighted by molar-refractivity contribution is 7.91. The minimum absolute atomic E-state index is 0.0500. The first-order chi connectivity index (χ1) is 13.2. The summed E-state index contributed by atoms with van der Waals surface area (Å²) in [6, 6.07) is 8.03. The van der Waals surface area contributed by atoms with E-state index in [4.69, 9.17) is 9.57 Å². The lowest BCUT2D eigenvalue weighted by Crippen LogP contribution is -2.17. The molecule has 150 valence electrons. The zero-order valence-corrected chi connectivity index (χ0v) is 15.3. The zero-order valence-electron chi connectivity index (χ0n) is 14.5. The summed E-state index contributed by atoms with van der Waals surface area (Å²) in [4.78, 5) is 9.11. The number of rotatable bonds is 5. The highest BCUT2D eigenvalue weighted by atomic mass is 32.2. The van der Waals surface area contributed by atoms with Crippen LogP contribution in [-0.2, 0) is 14.7 Å². The third-order valence-corrected chi connectivity index (χ3v) is 5.41. The van der Waals surface area contributed by atoms with Crippen LogP contribution in [-0.4, -0.2) is 31.4 Å². The van der Waals surface area contributed by atoms with Gasteiger partial charge in [0.15, 0.2) is 21.0 Å². The molecule has 0 N–H and O–H groups in total. The maximum absolute atomic E-state index is 12.2. The number of nitrogens with zero attached hydrogens (tertiary/aromatic N) is 2. The second kappa shape index (κ2) is 7.66. The second-order valence-electron chi connectivity index (χ2n) is 5.74. The van der Waals surface area contributed by atoms with Crippen LogP contribution < -0.4 is 9.47 Å². The SMILES string of the molecule is CCS(=O)(=O)c1ccc(OC2=NO[C@H](c3ccc(OC(F)(F)F)cc3)C2)cn1. The third kappa shape index (κ3) is 4.91. The molecule has 0 saturated heterocycles. The fourth-order valence-electron chi connectivity index (χ4n) is 2.37. The second-order valence-corrected chi connectivity index (χ2v) is 7.96. The number of pyridine rings is 1. The molecule has 0 spiro atoms. The molecule has 0 amide bonds. The number of hydrogen-bond donors (Lipinski definition) is 0. The summed E-state index contributed by atoms with van der Waals surface area (Å²) < 4.78 is 69.4. The fraction of sp³-hybridized carbons (Fsp3) is 0.294. The molecule has 1 aromatic carbocycles. The van der Waals surface area contributed by atoms with Gasteiger partial charge in [-0.25, -0.2) is 13.4 Å². The molecule has 0 bridgehead atoms. The molecule has 0 unspecified atom stereocenters. The van der Waals surface area contributed by atoms with E-state index < -0.39 is 22.3 Å². The van der Waals surface area contributed by atoms with Gasteiger partial charge in [0.1, 0.15) is 11.5 Å². The Balaban J connectivity index is 1.59. The summed E-state index contributed by atoms with van der Waals surface area (Å²) >= 11 is 0. The first-order valence-electron chi connectivity index (χ1n) is 8.11. The van der Waals surface area contributed by atoms with E-state index in [1.165, 1.54) is 49.5 Å². The molecule has 1 aromatic heterocycles. The molecule has 2 heterocycles. The van der Waals surface area contributed by atoms with Crippen molar-refractivity contribution in [1.29, 1.82) is 0 Å². The normalized spacial score (nSPS) is 17.0. The van der Waals surface area contributed by atoms with Crippen LogP contribution in [0.3, 0.4) is 0 Å². The van der Waals surface area contributed by atoms with Gasteiger partial charge in [-0.15, -0.1) is 13.2 Å². The molecule has 7 nitrogen and oxygen atoms in total. The van der Waals surface area contributed by atoms with E-state index in [9.17, 15) is 21.6 Å². The van der Waals surface area contributed by atoms with Crippen LogP contribution >= 0.6 is 0 Å². The van der Waals surface area contributed by atoms with E-state index in [-0.39, 0.29) is 34.6 Å². The van der Waals surface area contributed by atoms with Crippen molar-refractivity contribution in [3.63, 3.8) is 0 Å². The van der Waals surface area contributed by atoms with Gasteiger partial charge in [0, 0.05) is 0 Å². The van der Waals surface area contributed by atoms with Crippen LogP contribution in [0.15, 0.2) is 52.8 Å². The monoisotopic (exact) mass is 416 g/mol. The standard InChI is InChI=1S/C17H15F3N2O5S/c1-2-28(23,24)16-8-7-13(10-21-16)25-15-9-14(27-22-15)11-3-5-12(6-4-11)26-17(18,19)20/h3-8,10,14H,2,9H2,1H3/t14-/m0/s1. The molecular weight excluding hydrogens is 401 g/mol. The van der Waals surface area contributed by atoms with Gasteiger partial charge in [-0.2, -0.15) is 0 Å². The summed E-state index contributed by atoms with van der Waals surface area (Å²) in [6.07, 6.45) is -3.77. The van der Waals surface area contributed by atoms with Crippen molar-refractivity contribution >= 4 is 15.7 Å². The molecule has 2 aromatic rings. The highest BCUT2D eigenvalue weighted by Gasteiger charge is 2.31. The molecule has 0 fully saturated rings. The lowest BCUT2D eigenvalue weighted by atomic mass is 10.1. The average molecular weight is 416 g/mol. The minimum atomic E-state index is -4.75. The number of halogens is 3. The van der Waals surface area contributed by atoms with Crippen LogP contribution in [0.1, 0.15) is 25.0 Å². The van der Waals surface area contributed by atoms with Crippen LogP contribution in [0.25, 0.3) is 0 Å².